The molecule has 0 amide bonds. The van der Waals surface area contributed by atoms with Crippen LogP contribution in [0.3, 0.4) is 0 Å². The summed E-state index contributed by atoms with van der Waals surface area (Å²) in [4.78, 5) is 25.4. The number of hydrogen-bond donors (Lipinski definition) is 1. The van der Waals surface area contributed by atoms with Crippen LogP contribution < -0.4 is 5.56 Å². The minimum Gasteiger partial charge on any atom is -0.383 e. The Balaban J connectivity index is 1.42. The van der Waals surface area contributed by atoms with E-state index in [4.69, 9.17) is 9.72 Å². The molecule has 8 nitrogen and oxygen atoms in total. The molecular formula is C23H20N6O2S2. The van der Waals surface area contributed by atoms with E-state index in [1.807, 2.05) is 52.4 Å². The average molecular weight is 477 g/mol. The molecule has 0 atom stereocenters. The Labute approximate surface area is 197 Å². The highest BCUT2D eigenvalue weighted by atomic mass is 32.2. The third kappa shape index (κ3) is 4.45. The predicted molar refractivity (Wildman–Crippen MR) is 130 cm³/mol. The van der Waals surface area contributed by atoms with Crippen LogP contribution in [-0.4, -0.2) is 43.4 Å². The molecule has 10 heteroatoms. The highest BCUT2D eigenvalue weighted by Crippen LogP contribution is 2.31. The first-order chi connectivity index (χ1) is 16.2. The van der Waals surface area contributed by atoms with Crippen molar-refractivity contribution in [2.75, 3.05) is 13.7 Å². The molecular weight excluding hydrogens is 456 g/mol. The zero-order chi connectivity index (χ0) is 22.6. The van der Waals surface area contributed by atoms with Crippen molar-refractivity contribution in [2.24, 2.45) is 0 Å². The summed E-state index contributed by atoms with van der Waals surface area (Å²) in [5, 5.41) is 12.1. The van der Waals surface area contributed by atoms with Gasteiger partial charge in [0.25, 0.3) is 5.56 Å². The fourth-order valence-electron chi connectivity index (χ4n) is 3.52. The number of hydrogen-bond acceptors (Lipinski definition) is 8. The molecule has 0 fully saturated rings. The van der Waals surface area contributed by atoms with Gasteiger partial charge in [-0.2, -0.15) is 0 Å². The summed E-state index contributed by atoms with van der Waals surface area (Å²) in [5.41, 5.74) is 2.72. The van der Waals surface area contributed by atoms with Crippen molar-refractivity contribution in [2.45, 2.75) is 17.5 Å². The zero-order valence-corrected chi connectivity index (χ0v) is 19.4. The van der Waals surface area contributed by atoms with Crippen LogP contribution in [0, 0.1) is 0 Å². The maximum atomic E-state index is 12.9. The van der Waals surface area contributed by atoms with E-state index in [1.165, 1.54) is 23.1 Å². The Morgan fingerprint density at radius 2 is 1.91 bits per heavy atom. The van der Waals surface area contributed by atoms with Crippen molar-refractivity contribution < 1.29 is 4.74 Å². The van der Waals surface area contributed by atoms with Gasteiger partial charge in [0.05, 0.1) is 24.3 Å². The summed E-state index contributed by atoms with van der Waals surface area (Å²) in [6.07, 6.45) is 3.46. The second-order valence-corrected chi connectivity index (χ2v) is 8.98. The lowest BCUT2D eigenvalue weighted by Gasteiger charge is -2.09. The van der Waals surface area contributed by atoms with Gasteiger partial charge in [0.15, 0.2) is 11.0 Å². The summed E-state index contributed by atoms with van der Waals surface area (Å²) in [6.45, 7) is 1.14. The Morgan fingerprint density at radius 3 is 2.70 bits per heavy atom. The van der Waals surface area contributed by atoms with E-state index in [0.29, 0.717) is 30.1 Å². The van der Waals surface area contributed by atoms with E-state index in [0.717, 1.165) is 32.5 Å². The van der Waals surface area contributed by atoms with E-state index in [1.54, 1.807) is 19.5 Å². The van der Waals surface area contributed by atoms with Crippen LogP contribution in [0.4, 0.5) is 0 Å². The van der Waals surface area contributed by atoms with Crippen LogP contribution >= 0.6 is 23.1 Å². The highest BCUT2D eigenvalue weighted by Gasteiger charge is 2.16. The van der Waals surface area contributed by atoms with Gasteiger partial charge in [-0.1, -0.05) is 42.1 Å². The van der Waals surface area contributed by atoms with Gasteiger partial charge in [-0.25, -0.2) is 4.98 Å². The third-order valence-corrected chi connectivity index (χ3v) is 6.94. The Kier molecular flexibility index (Phi) is 6.29. The molecule has 0 saturated carbocycles. The molecule has 0 unspecified atom stereocenters. The van der Waals surface area contributed by atoms with Crippen LogP contribution in [-0.2, 0) is 17.0 Å². The molecule has 0 radical (unpaired) electrons. The first-order valence-electron chi connectivity index (χ1n) is 10.3. The number of methoxy groups -OCH3 is 1. The molecule has 0 aliphatic carbocycles. The van der Waals surface area contributed by atoms with Gasteiger partial charge < -0.3 is 9.72 Å². The maximum Gasteiger partial charge on any atom is 0.260 e. The molecule has 0 aliphatic rings. The van der Waals surface area contributed by atoms with E-state index in [2.05, 4.69) is 20.2 Å². The molecule has 0 aliphatic heterocycles. The maximum absolute atomic E-state index is 12.9. The van der Waals surface area contributed by atoms with Crippen molar-refractivity contribution in [1.82, 2.24) is 29.7 Å². The van der Waals surface area contributed by atoms with E-state index in [9.17, 15) is 4.79 Å². The summed E-state index contributed by atoms with van der Waals surface area (Å²) in [6, 6.07) is 13.7. The molecule has 0 spiro atoms. The molecule has 33 heavy (non-hydrogen) atoms. The second kappa shape index (κ2) is 9.65. The number of pyridine rings is 1. The molecule has 5 aromatic rings. The summed E-state index contributed by atoms with van der Waals surface area (Å²) >= 11 is 2.96. The minimum atomic E-state index is -0.131. The number of fused-ring (bicyclic) bond motifs is 1. The molecule has 1 N–H and O–H groups in total. The van der Waals surface area contributed by atoms with Crippen molar-refractivity contribution in [3.63, 3.8) is 0 Å². The van der Waals surface area contributed by atoms with Crippen molar-refractivity contribution in [1.29, 1.82) is 0 Å². The largest absolute Gasteiger partial charge is 0.383 e. The Hall–Kier alpha value is -3.34. The SMILES string of the molecule is COCCn1c(SCc2nc3scc(-c4ccccc4)c3c(=O)[nH]2)nnc1-c1ccncc1. The van der Waals surface area contributed by atoms with Gasteiger partial charge >= 0.3 is 0 Å². The standard InChI is InChI=1S/C23H20N6O2S2/c1-31-12-11-29-20(16-7-9-24-10-8-16)27-28-23(29)33-14-18-25-21(30)19-17(13-32-22(19)26-18)15-5-3-2-4-6-15/h2-10,13H,11-12,14H2,1H3,(H,25,26,30). The Morgan fingerprint density at radius 1 is 1.09 bits per heavy atom. The van der Waals surface area contributed by atoms with Gasteiger partial charge in [0.2, 0.25) is 0 Å². The summed E-state index contributed by atoms with van der Waals surface area (Å²) in [5.74, 6) is 1.82. The number of nitrogens with zero attached hydrogens (tertiary/aromatic N) is 5. The van der Waals surface area contributed by atoms with Gasteiger partial charge in [0.1, 0.15) is 10.7 Å². The minimum absolute atomic E-state index is 0.131. The third-order valence-electron chi connectivity index (χ3n) is 5.09. The monoisotopic (exact) mass is 476 g/mol. The van der Waals surface area contributed by atoms with Crippen LogP contribution in [0.2, 0.25) is 0 Å². The molecule has 4 aromatic heterocycles. The van der Waals surface area contributed by atoms with Crippen molar-refractivity contribution in [3.05, 3.63) is 76.4 Å². The molecule has 5 rings (SSSR count). The number of ether oxygens (including phenoxy) is 1. The van der Waals surface area contributed by atoms with E-state index >= 15 is 0 Å². The number of nitrogens with one attached hydrogen (secondary N) is 1. The molecule has 1 aromatic carbocycles. The fourth-order valence-corrected chi connectivity index (χ4v) is 5.32. The molecule has 166 valence electrons. The average Bonchev–Trinajstić information content (AvgIpc) is 3.47. The zero-order valence-electron chi connectivity index (χ0n) is 17.8. The first kappa shape index (κ1) is 21.5. The normalized spacial score (nSPS) is 11.3. The van der Waals surface area contributed by atoms with Gasteiger partial charge in [0, 0.05) is 36.0 Å². The predicted octanol–water partition coefficient (Wildman–Crippen LogP) is 4.24. The fraction of sp³-hybridized carbons (Fsp3) is 0.174. The summed E-state index contributed by atoms with van der Waals surface area (Å²) < 4.78 is 7.28. The van der Waals surface area contributed by atoms with Crippen molar-refractivity contribution in [3.8, 4) is 22.5 Å². The van der Waals surface area contributed by atoms with Crippen LogP contribution in [0.25, 0.3) is 32.7 Å². The van der Waals surface area contributed by atoms with Crippen LogP contribution in [0.5, 0.6) is 0 Å². The topological polar surface area (TPSA) is 98.6 Å². The Bertz CT molecular complexity index is 1430. The van der Waals surface area contributed by atoms with Crippen molar-refractivity contribution >= 4 is 33.3 Å². The lowest BCUT2D eigenvalue weighted by Crippen LogP contribution is -2.11. The van der Waals surface area contributed by atoms with E-state index in [-0.39, 0.29) is 5.56 Å². The van der Waals surface area contributed by atoms with Gasteiger partial charge in [-0.05, 0) is 17.7 Å². The lowest BCUT2D eigenvalue weighted by atomic mass is 10.1. The number of thiophene rings is 1. The summed E-state index contributed by atoms with van der Waals surface area (Å²) in [7, 11) is 1.66. The first-order valence-corrected chi connectivity index (χ1v) is 12.1. The number of H-pyrrole nitrogens is 1. The highest BCUT2D eigenvalue weighted by molar-refractivity contribution is 7.98. The molecule has 0 bridgehead atoms. The van der Waals surface area contributed by atoms with E-state index < -0.39 is 0 Å². The number of aromatic amines is 1. The number of benzene rings is 1. The van der Waals surface area contributed by atoms with Crippen LogP contribution in [0.1, 0.15) is 5.82 Å². The molecule has 0 saturated heterocycles. The molecule has 4 heterocycles. The number of thioether (sulfide) groups is 1. The number of aromatic nitrogens is 6. The van der Waals surface area contributed by atoms with Gasteiger partial charge in [-0.3, -0.25) is 14.3 Å². The van der Waals surface area contributed by atoms with Gasteiger partial charge in [-0.15, -0.1) is 21.5 Å². The lowest BCUT2D eigenvalue weighted by molar-refractivity contribution is 0.185. The second-order valence-electron chi connectivity index (χ2n) is 7.18. The smallest absolute Gasteiger partial charge is 0.260 e. The quantitative estimate of drug-likeness (QED) is 0.334. The number of rotatable bonds is 8. The van der Waals surface area contributed by atoms with Crippen LogP contribution in [0.15, 0.2) is 70.2 Å².